The fourth-order valence-corrected chi connectivity index (χ4v) is 2.19. The number of fused-ring (bicyclic) bond motifs is 1. The molecule has 5 heteroatoms. The van der Waals surface area contributed by atoms with Crippen LogP contribution in [0.3, 0.4) is 0 Å². The van der Waals surface area contributed by atoms with Gasteiger partial charge in [0.05, 0.1) is 16.3 Å². The van der Waals surface area contributed by atoms with Gasteiger partial charge in [-0.25, -0.2) is 0 Å². The summed E-state index contributed by atoms with van der Waals surface area (Å²) in [5, 5.41) is 8.40. The van der Waals surface area contributed by atoms with Gasteiger partial charge in [0, 0.05) is 16.1 Å². The zero-order valence-electron chi connectivity index (χ0n) is 6.87. The van der Waals surface area contributed by atoms with E-state index in [1.807, 2.05) is 18.2 Å². The summed E-state index contributed by atoms with van der Waals surface area (Å²) in [6.07, 6.45) is 1.63. The van der Waals surface area contributed by atoms with Crippen molar-refractivity contribution in [1.82, 2.24) is 10.2 Å². The topological polar surface area (TPSA) is 45.8 Å². The number of nitrogens with one attached hydrogen (secondary N) is 1. The van der Waals surface area contributed by atoms with Crippen LogP contribution >= 0.6 is 15.9 Å². The Labute approximate surface area is 86.1 Å². The maximum atomic E-state index is 11.3. The minimum Gasteiger partial charge on any atom is -0.268 e. The van der Waals surface area contributed by atoms with Crippen LogP contribution in [0.25, 0.3) is 10.9 Å². The molecule has 2 aromatic rings. The molecule has 0 fully saturated rings. The number of nitrogens with zero attached hydrogens (tertiary/aromatic N) is 1. The minimum atomic E-state index is -1.02. The summed E-state index contributed by atoms with van der Waals surface area (Å²) in [4.78, 5) is 0. The lowest BCUT2D eigenvalue weighted by Crippen LogP contribution is -1.87. The summed E-state index contributed by atoms with van der Waals surface area (Å²) in [6.45, 7) is 0. The minimum absolute atomic E-state index is 0.677. The molecule has 0 bridgehead atoms. The molecule has 1 heterocycles. The van der Waals surface area contributed by atoms with Crippen LogP contribution in [0, 0.1) is 0 Å². The molecule has 0 saturated carbocycles. The number of hydrogen-bond donors (Lipinski definition) is 1. The molecule has 0 aliphatic heterocycles. The van der Waals surface area contributed by atoms with Crippen LogP contribution in [0.2, 0.25) is 0 Å². The predicted octanol–water partition coefficient (Wildman–Crippen LogP) is 2.06. The number of hydrogen-bond acceptors (Lipinski definition) is 2. The third-order valence-corrected chi connectivity index (χ3v) is 3.15. The molecule has 0 radical (unpaired) electrons. The fraction of sp³-hybridized carbons (Fsp3) is 0.125. The normalized spacial score (nSPS) is 13.4. The highest BCUT2D eigenvalue weighted by Gasteiger charge is 2.07. The molecule has 0 spiro atoms. The number of H-pyrrole nitrogens is 1. The number of aromatic amines is 1. The molecule has 0 aliphatic carbocycles. The molecule has 2 rings (SSSR count). The van der Waals surface area contributed by atoms with Crippen LogP contribution < -0.4 is 0 Å². The van der Waals surface area contributed by atoms with Crippen LogP contribution in [-0.2, 0) is 10.8 Å². The van der Waals surface area contributed by atoms with E-state index in [2.05, 4.69) is 26.1 Å². The highest BCUT2D eigenvalue weighted by atomic mass is 79.9. The van der Waals surface area contributed by atoms with Crippen molar-refractivity contribution in [3.05, 3.63) is 22.7 Å². The molecule has 1 unspecified atom stereocenters. The summed E-state index contributed by atoms with van der Waals surface area (Å²) in [6, 6.07) is 5.70. The first kappa shape index (κ1) is 8.90. The van der Waals surface area contributed by atoms with Crippen molar-refractivity contribution in [1.29, 1.82) is 0 Å². The van der Waals surface area contributed by atoms with Crippen molar-refractivity contribution in [2.75, 3.05) is 6.26 Å². The molecule has 0 amide bonds. The first-order valence-electron chi connectivity index (χ1n) is 3.65. The molecule has 13 heavy (non-hydrogen) atoms. The van der Waals surface area contributed by atoms with Crippen LogP contribution in [0.5, 0.6) is 0 Å². The van der Waals surface area contributed by atoms with E-state index in [9.17, 15) is 4.21 Å². The summed E-state index contributed by atoms with van der Waals surface area (Å²) >= 11 is 3.36. The lowest BCUT2D eigenvalue weighted by Gasteiger charge is -1.92. The Hall–Kier alpha value is -0.680. The van der Waals surface area contributed by atoms with Gasteiger partial charge in [0.15, 0.2) is 0 Å². The smallest absolute Gasteiger partial charge is 0.129 e. The highest BCUT2D eigenvalue weighted by molar-refractivity contribution is 9.10. The number of benzene rings is 1. The Morgan fingerprint density at radius 3 is 3.00 bits per heavy atom. The van der Waals surface area contributed by atoms with Gasteiger partial charge in [0.1, 0.15) is 5.03 Å². The molecular formula is C8H7BrN2OS. The molecular weight excluding hydrogens is 252 g/mol. The number of halogens is 1. The van der Waals surface area contributed by atoms with Gasteiger partial charge in [-0.05, 0) is 18.2 Å². The Kier molecular flexibility index (Phi) is 2.21. The zero-order valence-corrected chi connectivity index (χ0v) is 9.28. The zero-order chi connectivity index (χ0) is 9.42. The van der Waals surface area contributed by atoms with E-state index < -0.39 is 10.8 Å². The monoisotopic (exact) mass is 258 g/mol. The van der Waals surface area contributed by atoms with E-state index in [-0.39, 0.29) is 0 Å². The van der Waals surface area contributed by atoms with Gasteiger partial charge in [-0.2, -0.15) is 5.10 Å². The van der Waals surface area contributed by atoms with E-state index >= 15 is 0 Å². The van der Waals surface area contributed by atoms with Gasteiger partial charge in [0.2, 0.25) is 0 Å². The first-order valence-corrected chi connectivity index (χ1v) is 6.00. The van der Waals surface area contributed by atoms with Crippen LogP contribution in [0.1, 0.15) is 0 Å². The molecule has 0 aliphatic rings. The highest BCUT2D eigenvalue weighted by Crippen LogP contribution is 2.22. The molecule has 1 aromatic carbocycles. The predicted molar refractivity (Wildman–Crippen MR) is 56.1 cm³/mol. The molecule has 68 valence electrons. The van der Waals surface area contributed by atoms with Gasteiger partial charge in [0.25, 0.3) is 0 Å². The van der Waals surface area contributed by atoms with Gasteiger partial charge in [-0.15, -0.1) is 0 Å². The Balaban J connectivity index is 2.79. The van der Waals surface area contributed by atoms with E-state index in [4.69, 9.17) is 0 Å². The second-order valence-electron chi connectivity index (χ2n) is 2.67. The van der Waals surface area contributed by atoms with Crippen molar-refractivity contribution >= 4 is 37.6 Å². The van der Waals surface area contributed by atoms with Gasteiger partial charge < -0.3 is 0 Å². The molecule has 3 nitrogen and oxygen atoms in total. The lowest BCUT2D eigenvalue weighted by atomic mass is 10.3. The van der Waals surface area contributed by atoms with Crippen molar-refractivity contribution in [3.8, 4) is 0 Å². The summed E-state index contributed by atoms with van der Waals surface area (Å²) < 4.78 is 12.2. The molecule has 1 N–H and O–H groups in total. The standard InChI is InChI=1S/C8H7BrN2OS/c1-13(12)8-6-4-5(9)2-3-7(6)10-11-8/h2-4H,1H3,(H,10,11). The third kappa shape index (κ3) is 1.53. The van der Waals surface area contributed by atoms with Crippen LogP contribution in [0.4, 0.5) is 0 Å². The fourth-order valence-electron chi connectivity index (χ4n) is 1.18. The largest absolute Gasteiger partial charge is 0.268 e. The summed E-state index contributed by atoms with van der Waals surface area (Å²) in [7, 11) is -1.02. The maximum absolute atomic E-state index is 11.3. The maximum Gasteiger partial charge on any atom is 0.129 e. The first-order chi connectivity index (χ1) is 6.18. The molecule has 1 aromatic heterocycles. The van der Waals surface area contributed by atoms with Crippen LogP contribution in [-0.4, -0.2) is 20.7 Å². The molecule has 0 saturated heterocycles. The molecule has 1 atom stereocenters. The Morgan fingerprint density at radius 1 is 1.54 bits per heavy atom. The summed E-state index contributed by atoms with van der Waals surface area (Å²) in [5.41, 5.74) is 0.841. The average Bonchev–Trinajstić information content (AvgIpc) is 2.46. The average molecular weight is 259 g/mol. The van der Waals surface area contributed by atoms with Crippen LogP contribution in [0.15, 0.2) is 27.7 Å². The van der Waals surface area contributed by atoms with Gasteiger partial charge in [-0.1, -0.05) is 15.9 Å². The van der Waals surface area contributed by atoms with Crippen molar-refractivity contribution < 1.29 is 4.21 Å². The quantitative estimate of drug-likeness (QED) is 0.852. The van der Waals surface area contributed by atoms with Gasteiger partial charge >= 0.3 is 0 Å². The Morgan fingerprint density at radius 2 is 2.31 bits per heavy atom. The van der Waals surface area contributed by atoms with Gasteiger partial charge in [-0.3, -0.25) is 9.31 Å². The van der Waals surface area contributed by atoms with Crippen molar-refractivity contribution in [2.45, 2.75) is 5.03 Å². The lowest BCUT2D eigenvalue weighted by molar-refractivity contribution is 0.684. The van der Waals surface area contributed by atoms with E-state index in [1.165, 1.54) is 0 Å². The Bertz CT molecular complexity index is 480. The number of rotatable bonds is 1. The van der Waals surface area contributed by atoms with Crippen molar-refractivity contribution in [3.63, 3.8) is 0 Å². The van der Waals surface area contributed by atoms with E-state index in [0.29, 0.717) is 5.03 Å². The SMILES string of the molecule is CS(=O)c1[nH]nc2ccc(Br)cc12. The third-order valence-electron chi connectivity index (χ3n) is 1.77. The van der Waals surface area contributed by atoms with E-state index in [1.54, 1.807) is 6.26 Å². The summed E-state index contributed by atoms with van der Waals surface area (Å²) in [5.74, 6) is 0. The van der Waals surface area contributed by atoms with Crippen molar-refractivity contribution in [2.24, 2.45) is 0 Å². The van der Waals surface area contributed by atoms with E-state index in [0.717, 1.165) is 15.4 Å². The second-order valence-corrected chi connectivity index (χ2v) is 4.90. The number of aromatic nitrogens is 2. The second kappa shape index (κ2) is 3.23.